The summed E-state index contributed by atoms with van der Waals surface area (Å²) in [6.07, 6.45) is 3.29. The molecule has 3 rings (SSSR count). The molecule has 2 aromatic rings. The fraction of sp³-hybridized carbons (Fsp3) is 0.211. The van der Waals surface area contributed by atoms with Gasteiger partial charge in [-0.15, -0.1) is 0 Å². The van der Waals surface area contributed by atoms with Crippen LogP contribution in [0.5, 0.6) is 11.5 Å². The van der Waals surface area contributed by atoms with Crippen LogP contribution in [0.3, 0.4) is 0 Å². The summed E-state index contributed by atoms with van der Waals surface area (Å²) in [6, 6.07) is 13.7. The number of fused-ring (bicyclic) bond motifs is 1. The maximum absolute atomic E-state index is 12.0. The van der Waals surface area contributed by atoms with Crippen molar-refractivity contribution in [3.8, 4) is 11.5 Å². The predicted molar refractivity (Wildman–Crippen MR) is 89.3 cm³/mol. The largest absolute Gasteiger partial charge is 0.454 e. The summed E-state index contributed by atoms with van der Waals surface area (Å²) >= 11 is 0. The van der Waals surface area contributed by atoms with E-state index in [1.54, 1.807) is 6.08 Å². The highest BCUT2D eigenvalue weighted by molar-refractivity contribution is 5.92. The van der Waals surface area contributed by atoms with Crippen molar-refractivity contribution in [3.05, 3.63) is 65.2 Å². The lowest BCUT2D eigenvalue weighted by Gasteiger charge is -2.13. The van der Waals surface area contributed by atoms with E-state index < -0.39 is 0 Å². The van der Waals surface area contributed by atoms with E-state index in [0.717, 1.165) is 16.9 Å². The number of carbonyl (C=O) groups is 1. The van der Waals surface area contributed by atoms with Crippen molar-refractivity contribution in [1.29, 1.82) is 0 Å². The second kappa shape index (κ2) is 6.57. The Bertz CT molecular complexity index is 735. The van der Waals surface area contributed by atoms with E-state index in [0.29, 0.717) is 5.75 Å². The van der Waals surface area contributed by atoms with Crippen molar-refractivity contribution in [2.45, 2.75) is 19.9 Å². The van der Waals surface area contributed by atoms with E-state index in [2.05, 4.69) is 5.32 Å². The average Bonchev–Trinajstić information content (AvgIpc) is 3.01. The Morgan fingerprint density at radius 1 is 1.13 bits per heavy atom. The van der Waals surface area contributed by atoms with Crippen LogP contribution in [0, 0.1) is 6.92 Å². The molecule has 0 unspecified atom stereocenters. The number of amides is 1. The Hall–Kier alpha value is -2.75. The van der Waals surface area contributed by atoms with Gasteiger partial charge in [-0.25, -0.2) is 0 Å². The molecule has 118 valence electrons. The zero-order chi connectivity index (χ0) is 16.2. The SMILES string of the molecule is Cc1ccc([C@@H](C)NC(=O)/C=C/c2ccc3c(c2)OCO3)cc1. The number of hydrogen-bond donors (Lipinski definition) is 1. The molecule has 0 spiro atoms. The lowest BCUT2D eigenvalue weighted by Crippen LogP contribution is -2.24. The molecule has 0 aromatic heterocycles. The summed E-state index contributed by atoms with van der Waals surface area (Å²) in [5.74, 6) is 1.32. The zero-order valence-corrected chi connectivity index (χ0v) is 13.2. The van der Waals surface area contributed by atoms with Gasteiger partial charge in [-0.05, 0) is 43.2 Å². The van der Waals surface area contributed by atoms with Crippen LogP contribution < -0.4 is 14.8 Å². The summed E-state index contributed by atoms with van der Waals surface area (Å²) in [4.78, 5) is 12.0. The molecule has 0 radical (unpaired) electrons. The molecule has 0 fully saturated rings. The number of ether oxygens (including phenoxy) is 2. The highest BCUT2D eigenvalue weighted by Gasteiger charge is 2.12. The van der Waals surface area contributed by atoms with Crippen molar-refractivity contribution in [3.63, 3.8) is 0 Å². The molecule has 4 nitrogen and oxygen atoms in total. The Labute approximate surface area is 135 Å². The predicted octanol–water partition coefficient (Wildman–Crippen LogP) is 3.61. The third kappa shape index (κ3) is 3.72. The van der Waals surface area contributed by atoms with Crippen LogP contribution >= 0.6 is 0 Å². The van der Waals surface area contributed by atoms with Gasteiger partial charge in [0, 0.05) is 6.08 Å². The van der Waals surface area contributed by atoms with E-state index in [1.807, 2.05) is 56.3 Å². The fourth-order valence-electron chi connectivity index (χ4n) is 2.39. The van der Waals surface area contributed by atoms with Gasteiger partial charge in [-0.3, -0.25) is 4.79 Å². The lowest BCUT2D eigenvalue weighted by molar-refractivity contribution is -0.117. The summed E-state index contributed by atoms with van der Waals surface area (Å²) < 4.78 is 10.6. The number of hydrogen-bond acceptors (Lipinski definition) is 3. The highest BCUT2D eigenvalue weighted by atomic mass is 16.7. The van der Waals surface area contributed by atoms with Crippen LogP contribution in [-0.2, 0) is 4.79 Å². The van der Waals surface area contributed by atoms with Gasteiger partial charge in [-0.2, -0.15) is 0 Å². The third-order valence-corrected chi connectivity index (χ3v) is 3.76. The van der Waals surface area contributed by atoms with Crippen LogP contribution in [0.1, 0.15) is 29.7 Å². The Morgan fingerprint density at radius 3 is 2.65 bits per heavy atom. The van der Waals surface area contributed by atoms with Crippen LogP contribution in [0.15, 0.2) is 48.5 Å². The lowest BCUT2D eigenvalue weighted by atomic mass is 10.1. The van der Waals surface area contributed by atoms with Gasteiger partial charge in [0.1, 0.15) is 0 Å². The minimum Gasteiger partial charge on any atom is -0.454 e. The third-order valence-electron chi connectivity index (χ3n) is 3.76. The highest BCUT2D eigenvalue weighted by Crippen LogP contribution is 2.32. The summed E-state index contributed by atoms with van der Waals surface area (Å²) in [6.45, 7) is 4.26. The Balaban J connectivity index is 1.61. The number of rotatable bonds is 4. The minimum absolute atomic E-state index is 0.0375. The standard InChI is InChI=1S/C19H19NO3/c1-13-3-7-16(8-4-13)14(2)20-19(21)10-6-15-5-9-17-18(11-15)23-12-22-17/h3-11,14H,12H2,1-2H3,(H,20,21)/b10-6+/t14-/m1/s1. The van der Waals surface area contributed by atoms with E-state index in [1.165, 1.54) is 11.6 Å². The quantitative estimate of drug-likeness (QED) is 0.878. The molecule has 1 amide bonds. The fourth-order valence-corrected chi connectivity index (χ4v) is 2.39. The molecule has 1 N–H and O–H groups in total. The molecular formula is C19H19NO3. The molecule has 1 heterocycles. The Kier molecular flexibility index (Phi) is 4.33. The van der Waals surface area contributed by atoms with Gasteiger partial charge < -0.3 is 14.8 Å². The maximum atomic E-state index is 12.0. The second-order valence-electron chi connectivity index (χ2n) is 5.59. The molecule has 0 saturated carbocycles. The van der Waals surface area contributed by atoms with Gasteiger partial charge in [0.05, 0.1) is 6.04 Å². The molecule has 1 aliphatic rings. The first kappa shape index (κ1) is 15.2. The van der Waals surface area contributed by atoms with Gasteiger partial charge in [0.15, 0.2) is 11.5 Å². The van der Waals surface area contributed by atoms with E-state index >= 15 is 0 Å². The minimum atomic E-state index is -0.129. The van der Waals surface area contributed by atoms with Crippen molar-refractivity contribution >= 4 is 12.0 Å². The molecular weight excluding hydrogens is 290 g/mol. The first-order valence-corrected chi connectivity index (χ1v) is 7.56. The first-order chi connectivity index (χ1) is 11.1. The Morgan fingerprint density at radius 2 is 1.87 bits per heavy atom. The van der Waals surface area contributed by atoms with Crippen molar-refractivity contribution in [1.82, 2.24) is 5.32 Å². The zero-order valence-electron chi connectivity index (χ0n) is 13.2. The number of benzene rings is 2. The molecule has 2 aromatic carbocycles. The van der Waals surface area contributed by atoms with Crippen LogP contribution in [-0.4, -0.2) is 12.7 Å². The molecule has 0 aliphatic carbocycles. The monoisotopic (exact) mass is 309 g/mol. The summed E-state index contributed by atoms with van der Waals surface area (Å²) in [5.41, 5.74) is 3.18. The summed E-state index contributed by atoms with van der Waals surface area (Å²) in [7, 11) is 0. The van der Waals surface area contributed by atoms with Gasteiger partial charge in [-0.1, -0.05) is 35.9 Å². The number of nitrogens with one attached hydrogen (secondary N) is 1. The van der Waals surface area contributed by atoms with E-state index in [9.17, 15) is 4.79 Å². The molecule has 23 heavy (non-hydrogen) atoms. The van der Waals surface area contributed by atoms with E-state index in [4.69, 9.17) is 9.47 Å². The van der Waals surface area contributed by atoms with Crippen LogP contribution in [0.4, 0.5) is 0 Å². The molecule has 1 aliphatic heterocycles. The number of carbonyl (C=O) groups excluding carboxylic acids is 1. The maximum Gasteiger partial charge on any atom is 0.244 e. The van der Waals surface area contributed by atoms with Gasteiger partial charge >= 0.3 is 0 Å². The second-order valence-corrected chi connectivity index (χ2v) is 5.59. The van der Waals surface area contributed by atoms with Gasteiger partial charge in [0.25, 0.3) is 0 Å². The van der Waals surface area contributed by atoms with Crippen LogP contribution in [0.2, 0.25) is 0 Å². The van der Waals surface area contributed by atoms with Crippen LogP contribution in [0.25, 0.3) is 6.08 Å². The molecule has 0 bridgehead atoms. The normalized spacial score (nSPS) is 14.0. The van der Waals surface area contributed by atoms with Crippen molar-refractivity contribution in [2.75, 3.05) is 6.79 Å². The molecule has 4 heteroatoms. The first-order valence-electron chi connectivity index (χ1n) is 7.56. The van der Waals surface area contributed by atoms with Gasteiger partial charge in [0.2, 0.25) is 12.7 Å². The average molecular weight is 309 g/mol. The van der Waals surface area contributed by atoms with Crippen molar-refractivity contribution < 1.29 is 14.3 Å². The molecule has 0 saturated heterocycles. The topological polar surface area (TPSA) is 47.6 Å². The van der Waals surface area contributed by atoms with E-state index in [-0.39, 0.29) is 18.7 Å². The van der Waals surface area contributed by atoms with Crippen molar-refractivity contribution in [2.24, 2.45) is 0 Å². The molecule has 1 atom stereocenters. The number of aryl methyl sites for hydroxylation is 1. The smallest absolute Gasteiger partial charge is 0.244 e. The summed E-state index contributed by atoms with van der Waals surface area (Å²) in [5, 5.41) is 2.96.